The molecule has 3 fully saturated rings. The molecule has 0 radical (unpaired) electrons. The highest BCUT2D eigenvalue weighted by Crippen LogP contribution is 2.41. The van der Waals surface area contributed by atoms with Gasteiger partial charge in [-0.05, 0) is 60.9 Å². The maximum Gasteiger partial charge on any atom is 0.140 e. The van der Waals surface area contributed by atoms with E-state index in [1.54, 1.807) is 7.11 Å². The van der Waals surface area contributed by atoms with Crippen molar-refractivity contribution in [3.8, 4) is 5.75 Å². The lowest BCUT2D eigenvalue weighted by Crippen LogP contribution is -2.40. The van der Waals surface area contributed by atoms with Crippen LogP contribution in [-0.4, -0.2) is 74.5 Å². The zero-order chi connectivity index (χ0) is 25.0. The van der Waals surface area contributed by atoms with Gasteiger partial charge < -0.3 is 19.7 Å². The molecule has 0 amide bonds. The minimum Gasteiger partial charge on any atom is -0.496 e. The summed E-state index contributed by atoms with van der Waals surface area (Å²) < 4.78 is 11.1. The van der Waals surface area contributed by atoms with Crippen molar-refractivity contribution in [2.45, 2.75) is 44.1 Å². The van der Waals surface area contributed by atoms with E-state index in [0.29, 0.717) is 11.8 Å². The topological polar surface area (TPSA) is 62.8 Å². The number of nitrogens with zero attached hydrogens (tertiary/aromatic N) is 4. The largest absolute Gasteiger partial charge is 0.496 e. The van der Waals surface area contributed by atoms with Crippen LogP contribution in [0, 0.1) is 0 Å². The van der Waals surface area contributed by atoms with Crippen molar-refractivity contribution < 1.29 is 9.47 Å². The lowest BCUT2D eigenvalue weighted by atomic mass is 9.88. The van der Waals surface area contributed by atoms with Gasteiger partial charge in [0.25, 0.3) is 0 Å². The van der Waals surface area contributed by atoms with Gasteiger partial charge in [0.15, 0.2) is 0 Å². The number of morpholine rings is 1. The SMILES string of the molecule is COc1ccccc1C1CCN(c2nc(C3CC3)nc3ccc(CNCCN4CCOCC4)cc23)CC1. The third-order valence-electron chi connectivity index (χ3n) is 8.11. The molecule has 7 nitrogen and oxygen atoms in total. The monoisotopic (exact) mass is 501 g/mol. The Morgan fingerprint density at radius 1 is 0.946 bits per heavy atom. The molecular weight excluding hydrogens is 462 g/mol. The Kier molecular flexibility index (Phi) is 7.53. The second-order valence-corrected chi connectivity index (χ2v) is 10.7. The van der Waals surface area contributed by atoms with E-state index in [4.69, 9.17) is 19.4 Å². The lowest BCUT2D eigenvalue weighted by molar-refractivity contribution is 0.0384. The van der Waals surface area contributed by atoms with Crippen LogP contribution in [0.2, 0.25) is 0 Å². The van der Waals surface area contributed by atoms with Gasteiger partial charge >= 0.3 is 0 Å². The molecule has 0 bridgehead atoms. The Balaban J connectivity index is 1.17. The molecule has 3 heterocycles. The van der Waals surface area contributed by atoms with Crippen LogP contribution in [0.1, 0.15) is 54.5 Å². The molecule has 1 N–H and O–H groups in total. The van der Waals surface area contributed by atoms with Crippen LogP contribution in [0.3, 0.4) is 0 Å². The third-order valence-corrected chi connectivity index (χ3v) is 8.11. The fraction of sp³-hybridized carbons (Fsp3) is 0.533. The molecule has 196 valence electrons. The third kappa shape index (κ3) is 5.74. The van der Waals surface area contributed by atoms with Gasteiger partial charge in [0.2, 0.25) is 0 Å². The smallest absolute Gasteiger partial charge is 0.140 e. The van der Waals surface area contributed by atoms with Crippen LogP contribution >= 0.6 is 0 Å². The van der Waals surface area contributed by atoms with E-state index in [9.17, 15) is 0 Å². The van der Waals surface area contributed by atoms with Gasteiger partial charge in [0.1, 0.15) is 17.4 Å². The van der Waals surface area contributed by atoms with Crippen molar-refractivity contribution >= 4 is 16.7 Å². The summed E-state index contributed by atoms with van der Waals surface area (Å²) in [5.74, 6) is 4.23. The van der Waals surface area contributed by atoms with Crippen LogP contribution < -0.4 is 15.0 Å². The summed E-state index contributed by atoms with van der Waals surface area (Å²) in [6.45, 7) is 8.70. The molecule has 7 heteroatoms. The zero-order valence-corrected chi connectivity index (χ0v) is 22.0. The Labute approximate surface area is 220 Å². The van der Waals surface area contributed by atoms with Gasteiger partial charge in [0, 0.05) is 57.1 Å². The molecule has 2 saturated heterocycles. The minimum atomic E-state index is 0.523. The summed E-state index contributed by atoms with van der Waals surface area (Å²) in [6, 6.07) is 15.2. The number of fused-ring (bicyclic) bond motifs is 1. The maximum absolute atomic E-state index is 5.66. The number of methoxy groups -OCH3 is 1. The van der Waals surface area contributed by atoms with Crippen molar-refractivity contribution in [2.24, 2.45) is 0 Å². The summed E-state index contributed by atoms with van der Waals surface area (Å²) in [4.78, 5) is 15.1. The summed E-state index contributed by atoms with van der Waals surface area (Å²) in [6.07, 6.45) is 4.64. The van der Waals surface area contributed by atoms with Gasteiger partial charge in [0.05, 0.1) is 25.8 Å². The molecule has 3 aromatic rings. The van der Waals surface area contributed by atoms with Crippen LogP contribution in [-0.2, 0) is 11.3 Å². The number of aromatic nitrogens is 2. The molecule has 0 atom stereocenters. The van der Waals surface area contributed by atoms with E-state index in [2.05, 4.69) is 57.6 Å². The van der Waals surface area contributed by atoms with Crippen molar-refractivity contribution in [1.82, 2.24) is 20.2 Å². The predicted octanol–water partition coefficient (Wildman–Crippen LogP) is 4.32. The number of nitrogens with one attached hydrogen (secondary N) is 1. The van der Waals surface area contributed by atoms with Crippen LogP contribution in [0.5, 0.6) is 5.75 Å². The number of para-hydroxylation sites is 1. The number of anilines is 1. The summed E-state index contributed by atoms with van der Waals surface area (Å²) in [5, 5.41) is 4.83. The Morgan fingerprint density at radius 3 is 2.54 bits per heavy atom. The number of piperidine rings is 1. The van der Waals surface area contributed by atoms with Crippen molar-refractivity contribution in [3.63, 3.8) is 0 Å². The van der Waals surface area contributed by atoms with Gasteiger partial charge in [-0.1, -0.05) is 24.3 Å². The summed E-state index contributed by atoms with van der Waals surface area (Å²) in [5.41, 5.74) is 3.71. The van der Waals surface area contributed by atoms with Crippen LogP contribution in [0.15, 0.2) is 42.5 Å². The first-order chi connectivity index (χ1) is 18.3. The molecule has 2 aliphatic heterocycles. The predicted molar refractivity (Wildman–Crippen MR) is 148 cm³/mol. The molecule has 1 aromatic heterocycles. The van der Waals surface area contributed by atoms with E-state index >= 15 is 0 Å². The first-order valence-electron chi connectivity index (χ1n) is 14.0. The standard InChI is InChI=1S/C30H39N5O2/c1-36-28-5-3-2-4-25(28)23-10-13-35(14-11-23)30-26-20-22(21-31-12-15-34-16-18-37-19-17-34)6-9-27(26)32-29(33-30)24-7-8-24/h2-6,9,20,23-24,31H,7-8,10-19,21H2,1H3. The fourth-order valence-corrected chi connectivity index (χ4v) is 5.75. The second-order valence-electron chi connectivity index (χ2n) is 10.7. The van der Waals surface area contributed by atoms with E-state index in [-0.39, 0.29) is 0 Å². The number of rotatable bonds is 9. The second kappa shape index (κ2) is 11.3. The van der Waals surface area contributed by atoms with E-state index in [1.807, 2.05) is 0 Å². The Bertz CT molecular complexity index is 1200. The maximum atomic E-state index is 5.66. The lowest BCUT2D eigenvalue weighted by Gasteiger charge is -2.34. The number of hydrogen-bond donors (Lipinski definition) is 1. The highest BCUT2D eigenvalue weighted by atomic mass is 16.5. The molecule has 1 saturated carbocycles. The number of ether oxygens (including phenoxy) is 2. The molecule has 1 aliphatic carbocycles. The molecule has 0 spiro atoms. The van der Waals surface area contributed by atoms with Gasteiger partial charge in [-0.2, -0.15) is 0 Å². The number of hydrogen-bond acceptors (Lipinski definition) is 7. The summed E-state index contributed by atoms with van der Waals surface area (Å²) >= 11 is 0. The quantitative estimate of drug-likeness (QED) is 0.438. The normalized spacial score (nSPS) is 19.4. The fourth-order valence-electron chi connectivity index (χ4n) is 5.75. The molecular formula is C30H39N5O2. The molecule has 6 rings (SSSR count). The highest BCUT2D eigenvalue weighted by molar-refractivity contribution is 5.90. The average Bonchev–Trinajstić information content (AvgIpc) is 3.81. The van der Waals surface area contributed by atoms with E-state index in [0.717, 1.165) is 94.8 Å². The van der Waals surface area contributed by atoms with E-state index in [1.165, 1.54) is 29.4 Å². The first-order valence-corrected chi connectivity index (χ1v) is 14.0. The Morgan fingerprint density at radius 2 is 1.76 bits per heavy atom. The zero-order valence-electron chi connectivity index (χ0n) is 22.0. The summed E-state index contributed by atoms with van der Waals surface area (Å²) in [7, 11) is 1.77. The minimum absolute atomic E-state index is 0.523. The van der Waals surface area contributed by atoms with E-state index < -0.39 is 0 Å². The van der Waals surface area contributed by atoms with Gasteiger partial charge in [-0.25, -0.2) is 9.97 Å². The van der Waals surface area contributed by atoms with Crippen LogP contribution in [0.25, 0.3) is 10.9 Å². The van der Waals surface area contributed by atoms with Crippen molar-refractivity contribution in [1.29, 1.82) is 0 Å². The molecule has 3 aliphatic rings. The molecule has 0 unspecified atom stereocenters. The average molecular weight is 502 g/mol. The van der Waals surface area contributed by atoms with Gasteiger partial charge in [-0.3, -0.25) is 4.90 Å². The van der Waals surface area contributed by atoms with Gasteiger partial charge in [-0.15, -0.1) is 0 Å². The highest BCUT2D eigenvalue weighted by Gasteiger charge is 2.30. The van der Waals surface area contributed by atoms with Crippen LogP contribution in [0.4, 0.5) is 5.82 Å². The van der Waals surface area contributed by atoms with Crippen molar-refractivity contribution in [2.75, 3.05) is 64.5 Å². The molecule has 2 aromatic carbocycles. The Hall–Kier alpha value is -2.74. The molecule has 37 heavy (non-hydrogen) atoms. The first kappa shape index (κ1) is 24.6. The van der Waals surface area contributed by atoms with Crippen molar-refractivity contribution in [3.05, 3.63) is 59.4 Å². The number of benzene rings is 2.